The van der Waals surface area contributed by atoms with Crippen molar-refractivity contribution in [3.63, 3.8) is 0 Å². The third-order valence-corrected chi connectivity index (χ3v) is 5.29. The normalized spacial score (nSPS) is 36.4. The Balaban J connectivity index is 2.10. The van der Waals surface area contributed by atoms with Crippen LogP contribution in [-0.2, 0) is 9.53 Å². The summed E-state index contributed by atoms with van der Waals surface area (Å²) in [4.78, 5) is 14.6. The van der Waals surface area contributed by atoms with Gasteiger partial charge in [0.2, 0.25) is 0 Å². The van der Waals surface area contributed by atoms with Crippen LogP contribution in [0.1, 0.15) is 59.3 Å². The van der Waals surface area contributed by atoms with Gasteiger partial charge in [-0.1, -0.05) is 13.8 Å². The first-order chi connectivity index (χ1) is 9.07. The molecule has 3 atom stereocenters. The first-order valence-electron chi connectivity index (χ1n) is 7.98. The SMILES string of the molecule is CCOC(=O)CC1(N2CCCC2)CCC(C)C(C)C1. The molecule has 0 aromatic carbocycles. The van der Waals surface area contributed by atoms with Crippen molar-refractivity contribution in [1.82, 2.24) is 4.90 Å². The average molecular weight is 267 g/mol. The van der Waals surface area contributed by atoms with Crippen LogP contribution in [0.5, 0.6) is 0 Å². The van der Waals surface area contributed by atoms with Gasteiger partial charge in [0, 0.05) is 5.54 Å². The van der Waals surface area contributed by atoms with Crippen LogP contribution in [0.4, 0.5) is 0 Å². The van der Waals surface area contributed by atoms with Crippen LogP contribution in [0, 0.1) is 11.8 Å². The third-order valence-electron chi connectivity index (χ3n) is 5.29. The molecule has 0 N–H and O–H groups in total. The summed E-state index contributed by atoms with van der Waals surface area (Å²) in [6.07, 6.45) is 6.74. The van der Waals surface area contributed by atoms with E-state index in [0.717, 1.165) is 18.8 Å². The maximum Gasteiger partial charge on any atom is 0.307 e. The van der Waals surface area contributed by atoms with E-state index < -0.39 is 0 Å². The van der Waals surface area contributed by atoms with Crippen LogP contribution < -0.4 is 0 Å². The molecular formula is C16H29NO2. The van der Waals surface area contributed by atoms with Crippen LogP contribution in [0.3, 0.4) is 0 Å². The molecule has 0 radical (unpaired) electrons. The molecule has 1 saturated heterocycles. The summed E-state index contributed by atoms with van der Waals surface area (Å²) in [6, 6.07) is 0. The van der Waals surface area contributed by atoms with E-state index >= 15 is 0 Å². The summed E-state index contributed by atoms with van der Waals surface area (Å²) in [6.45, 7) is 9.43. The van der Waals surface area contributed by atoms with Gasteiger partial charge < -0.3 is 4.74 Å². The average Bonchev–Trinajstić information content (AvgIpc) is 2.88. The van der Waals surface area contributed by atoms with E-state index in [1.54, 1.807) is 0 Å². The van der Waals surface area contributed by atoms with Crippen molar-refractivity contribution in [2.45, 2.75) is 64.8 Å². The van der Waals surface area contributed by atoms with Crippen LogP contribution in [0.2, 0.25) is 0 Å². The first-order valence-corrected chi connectivity index (χ1v) is 7.98. The van der Waals surface area contributed by atoms with Gasteiger partial charge in [-0.05, 0) is 64.0 Å². The molecular weight excluding hydrogens is 238 g/mol. The number of carbonyl (C=O) groups is 1. The summed E-state index contributed by atoms with van der Waals surface area (Å²) in [5.74, 6) is 1.50. The zero-order valence-corrected chi connectivity index (χ0v) is 12.8. The summed E-state index contributed by atoms with van der Waals surface area (Å²) >= 11 is 0. The predicted molar refractivity (Wildman–Crippen MR) is 77.0 cm³/mol. The van der Waals surface area contributed by atoms with Gasteiger partial charge in [0.15, 0.2) is 0 Å². The van der Waals surface area contributed by atoms with E-state index in [4.69, 9.17) is 4.74 Å². The van der Waals surface area contributed by atoms with E-state index in [1.165, 1.54) is 32.4 Å². The number of rotatable bonds is 4. The standard InChI is InChI=1S/C16H29NO2/c1-4-19-15(18)12-16(17-9-5-6-10-17)8-7-13(2)14(3)11-16/h13-14H,4-12H2,1-3H3. The van der Waals surface area contributed by atoms with Gasteiger partial charge in [-0.3, -0.25) is 9.69 Å². The molecule has 1 aliphatic carbocycles. The molecule has 0 aromatic rings. The Morgan fingerprint density at radius 2 is 1.95 bits per heavy atom. The third kappa shape index (κ3) is 3.31. The monoisotopic (exact) mass is 267 g/mol. The Kier molecular flexibility index (Phi) is 4.88. The fourth-order valence-corrected chi connectivity index (χ4v) is 3.92. The van der Waals surface area contributed by atoms with Gasteiger partial charge in [0.25, 0.3) is 0 Å². The highest BCUT2D eigenvalue weighted by atomic mass is 16.5. The number of hydrogen-bond donors (Lipinski definition) is 0. The Bertz CT molecular complexity index is 312. The molecule has 0 aromatic heterocycles. The highest BCUT2D eigenvalue weighted by Crippen LogP contribution is 2.43. The van der Waals surface area contributed by atoms with Gasteiger partial charge in [0.1, 0.15) is 0 Å². The van der Waals surface area contributed by atoms with Crippen molar-refractivity contribution in [3.8, 4) is 0 Å². The molecule has 0 spiro atoms. The molecule has 0 amide bonds. The highest BCUT2D eigenvalue weighted by molar-refractivity contribution is 5.71. The van der Waals surface area contributed by atoms with Crippen molar-refractivity contribution >= 4 is 5.97 Å². The Hall–Kier alpha value is -0.570. The van der Waals surface area contributed by atoms with Crippen molar-refractivity contribution in [2.75, 3.05) is 19.7 Å². The topological polar surface area (TPSA) is 29.5 Å². The fourth-order valence-electron chi connectivity index (χ4n) is 3.92. The minimum Gasteiger partial charge on any atom is -0.466 e. The molecule has 3 heteroatoms. The Labute approximate surface area is 117 Å². The van der Waals surface area contributed by atoms with Crippen LogP contribution in [0.15, 0.2) is 0 Å². The van der Waals surface area contributed by atoms with Crippen molar-refractivity contribution in [2.24, 2.45) is 11.8 Å². The fraction of sp³-hybridized carbons (Fsp3) is 0.938. The number of ether oxygens (including phenoxy) is 1. The molecule has 2 rings (SSSR count). The number of carbonyl (C=O) groups excluding carboxylic acids is 1. The minimum absolute atomic E-state index is 0.00356. The van der Waals surface area contributed by atoms with Crippen molar-refractivity contribution < 1.29 is 9.53 Å². The second-order valence-corrected chi connectivity index (χ2v) is 6.60. The summed E-state index contributed by atoms with van der Waals surface area (Å²) < 4.78 is 5.23. The maximum atomic E-state index is 12.0. The van der Waals surface area contributed by atoms with E-state index in [9.17, 15) is 4.79 Å². The molecule has 3 nitrogen and oxygen atoms in total. The van der Waals surface area contributed by atoms with E-state index in [2.05, 4.69) is 18.7 Å². The number of esters is 1. The predicted octanol–water partition coefficient (Wildman–Crippen LogP) is 3.23. The lowest BCUT2D eigenvalue weighted by molar-refractivity contribution is -0.148. The lowest BCUT2D eigenvalue weighted by atomic mass is 9.69. The van der Waals surface area contributed by atoms with Gasteiger partial charge >= 0.3 is 5.97 Å². The first kappa shape index (κ1) is 14.8. The second kappa shape index (κ2) is 6.25. The maximum absolute atomic E-state index is 12.0. The van der Waals surface area contributed by atoms with Crippen LogP contribution in [0.25, 0.3) is 0 Å². The van der Waals surface area contributed by atoms with E-state index in [0.29, 0.717) is 18.9 Å². The molecule has 1 aliphatic heterocycles. The van der Waals surface area contributed by atoms with Crippen molar-refractivity contribution in [1.29, 1.82) is 0 Å². The van der Waals surface area contributed by atoms with Gasteiger partial charge in [-0.2, -0.15) is 0 Å². The van der Waals surface area contributed by atoms with Gasteiger partial charge in [-0.25, -0.2) is 0 Å². The quantitative estimate of drug-likeness (QED) is 0.732. The van der Waals surface area contributed by atoms with Gasteiger partial charge in [0.05, 0.1) is 13.0 Å². The molecule has 2 fully saturated rings. The molecule has 0 bridgehead atoms. The van der Waals surface area contributed by atoms with Crippen LogP contribution >= 0.6 is 0 Å². The minimum atomic E-state index is -0.00356. The molecule has 2 aliphatic rings. The smallest absolute Gasteiger partial charge is 0.307 e. The van der Waals surface area contributed by atoms with E-state index in [1.807, 2.05) is 6.92 Å². The highest BCUT2D eigenvalue weighted by Gasteiger charge is 2.44. The number of nitrogens with zero attached hydrogens (tertiary/aromatic N) is 1. The van der Waals surface area contributed by atoms with Gasteiger partial charge in [-0.15, -0.1) is 0 Å². The van der Waals surface area contributed by atoms with E-state index in [-0.39, 0.29) is 11.5 Å². The number of hydrogen-bond acceptors (Lipinski definition) is 3. The second-order valence-electron chi connectivity index (χ2n) is 6.60. The summed E-state index contributed by atoms with van der Waals surface area (Å²) in [5.41, 5.74) is 0.0919. The zero-order chi connectivity index (χ0) is 13.9. The Morgan fingerprint density at radius 1 is 1.26 bits per heavy atom. The summed E-state index contributed by atoms with van der Waals surface area (Å²) in [7, 11) is 0. The zero-order valence-electron chi connectivity index (χ0n) is 12.8. The Morgan fingerprint density at radius 3 is 2.53 bits per heavy atom. The lowest BCUT2D eigenvalue weighted by Crippen LogP contribution is -2.52. The van der Waals surface area contributed by atoms with Crippen LogP contribution in [-0.4, -0.2) is 36.1 Å². The molecule has 1 heterocycles. The molecule has 19 heavy (non-hydrogen) atoms. The molecule has 110 valence electrons. The summed E-state index contributed by atoms with van der Waals surface area (Å²) in [5, 5.41) is 0. The lowest BCUT2D eigenvalue weighted by Gasteiger charge is -2.48. The molecule has 3 unspecified atom stereocenters. The molecule has 1 saturated carbocycles. The largest absolute Gasteiger partial charge is 0.466 e. The van der Waals surface area contributed by atoms with Crippen molar-refractivity contribution in [3.05, 3.63) is 0 Å². The number of likely N-dealkylation sites (tertiary alicyclic amines) is 1.